The molecule has 1 aliphatic heterocycles. The van der Waals surface area contributed by atoms with Crippen LogP contribution >= 0.6 is 0 Å². The summed E-state index contributed by atoms with van der Waals surface area (Å²) in [6.07, 6.45) is 2.69. The maximum Gasteiger partial charge on any atom is 0.123 e. The molecular weight excluding hydrogens is 226 g/mol. The lowest BCUT2D eigenvalue weighted by atomic mass is 10.0. The molecular formula is C15H23NO2. The molecule has 0 aromatic heterocycles. The number of nitrogens with zero attached hydrogens (tertiary/aromatic N) is 1. The van der Waals surface area contributed by atoms with E-state index in [1.807, 2.05) is 24.3 Å². The number of benzene rings is 1. The Bertz CT molecular complexity index is 367. The molecule has 1 saturated heterocycles. The maximum absolute atomic E-state index is 5.76. The van der Waals surface area contributed by atoms with Gasteiger partial charge in [-0.3, -0.25) is 4.90 Å². The molecule has 0 radical (unpaired) electrons. The smallest absolute Gasteiger partial charge is 0.123 e. The first kappa shape index (κ1) is 13.2. The first-order chi connectivity index (χ1) is 8.78. The van der Waals surface area contributed by atoms with Crippen LogP contribution in [0.1, 0.15) is 19.8 Å². The molecule has 1 aliphatic rings. The summed E-state index contributed by atoms with van der Waals surface area (Å²) >= 11 is 0. The lowest BCUT2D eigenvalue weighted by Crippen LogP contribution is -2.37. The molecule has 0 bridgehead atoms. The molecule has 0 amide bonds. The van der Waals surface area contributed by atoms with E-state index in [0.717, 1.165) is 30.6 Å². The first-order valence-corrected chi connectivity index (χ1v) is 6.77. The Morgan fingerprint density at radius 3 is 2.94 bits per heavy atom. The molecule has 0 N–H and O–H groups in total. The quantitative estimate of drug-likeness (QED) is 0.801. The number of methoxy groups -OCH3 is 1. The number of rotatable bonds is 5. The van der Waals surface area contributed by atoms with Gasteiger partial charge in [0.15, 0.2) is 0 Å². The van der Waals surface area contributed by atoms with E-state index < -0.39 is 0 Å². The second-order valence-electron chi connectivity index (χ2n) is 5.08. The van der Waals surface area contributed by atoms with Gasteiger partial charge in [-0.15, -0.1) is 0 Å². The second kappa shape index (κ2) is 6.64. The zero-order valence-corrected chi connectivity index (χ0v) is 11.4. The zero-order valence-electron chi connectivity index (χ0n) is 11.4. The van der Waals surface area contributed by atoms with Crippen LogP contribution in [0, 0.1) is 5.92 Å². The van der Waals surface area contributed by atoms with Crippen LogP contribution in [-0.4, -0.2) is 38.3 Å². The minimum absolute atomic E-state index is 0.750. The summed E-state index contributed by atoms with van der Waals surface area (Å²) in [6.45, 7) is 6.52. The van der Waals surface area contributed by atoms with Crippen molar-refractivity contribution in [1.29, 1.82) is 0 Å². The Hall–Kier alpha value is -1.22. The molecule has 3 nitrogen and oxygen atoms in total. The molecule has 2 rings (SSSR count). The standard InChI is InChI=1S/C15H23NO2/c1-13-5-4-8-16(12-13)9-10-18-15-7-3-6-14(11-15)17-2/h3,6-7,11,13H,4-5,8-10,12H2,1-2H3. The summed E-state index contributed by atoms with van der Waals surface area (Å²) in [4.78, 5) is 2.49. The Morgan fingerprint density at radius 2 is 2.17 bits per heavy atom. The van der Waals surface area contributed by atoms with Crippen molar-refractivity contribution in [3.05, 3.63) is 24.3 Å². The summed E-state index contributed by atoms with van der Waals surface area (Å²) in [7, 11) is 1.67. The Labute approximate surface area is 110 Å². The fourth-order valence-corrected chi connectivity index (χ4v) is 2.47. The van der Waals surface area contributed by atoms with Crippen LogP contribution in [-0.2, 0) is 0 Å². The highest BCUT2D eigenvalue weighted by Gasteiger charge is 2.15. The van der Waals surface area contributed by atoms with Crippen molar-refractivity contribution < 1.29 is 9.47 Å². The molecule has 0 saturated carbocycles. The third-order valence-electron chi connectivity index (χ3n) is 3.46. The second-order valence-corrected chi connectivity index (χ2v) is 5.08. The molecule has 1 unspecified atom stereocenters. The van der Waals surface area contributed by atoms with Gasteiger partial charge in [-0.2, -0.15) is 0 Å². The minimum Gasteiger partial charge on any atom is -0.497 e. The van der Waals surface area contributed by atoms with Gasteiger partial charge in [0.1, 0.15) is 18.1 Å². The van der Waals surface area contributed by atoms with Crippen LogP contribution in [0.3, 0.4) is 0 Å². The fourth-order valence-electron chi connectivity index (χ4n) is 2.47. The summed E-state index contributed by atoms with van der Waals surface area (Å²) in [6, 6.07) is 7.79. The number of hydrogen-bond acceptors (Lipinski definition) is 3. The Kier molecular flexibility index (Phi) is 4.88. The van der Waals surface area contributed by atoms with Crippen LogP contribution in [0.4, 0.5) is 0 Å². The van der Waals surface area contributed by atoms with E-state index in [4.69, 9.17) is 9.47 Å². The predicted molar refractivity (Wildman–Crippen MR) is 73.3 cm³/mol. The van der Waals surface area contributed by atoms with Crippen LogP contribution in [0.5, 0.6) is 11.5 Å². The van der Waals surface area contributed by atoms with E-state index in [0.29, 0.717) is 0 Å². The number of piperidine rings is 1. The van der Waals surface area contributed by atoms with Crippen molar-refractivity contribution in [1.82, 2.24) is 4.90 Å². The van der Waals surface area contributed by atoms with Crippen molar-refractivity contribution in [2.75, 3.05) is 33.4 Å². The molecule has 1 heterocycles. The maximum atomic E-state index is 5.76. The van der Waals surface area contributed by atoms with E-state index in [1.54, 1.807) is 7.11 Å². The third kappa shape index (κ3) is 3.91. The minimum atomic E-state index is 0.750. The fraction of sp³-hybridized carbons (Fsp3) is 0.600. The lowest BCUT2D eigenvalue weighted by molar-refractivity contribution is 0.153. The molecule has 18 heavy (non-hydrogen) atoms. The van der Waals surface area contributed by atoms with Gasteiger partial charge in [-0.1, -0.05) is 13.0 Å². The lowest BCUT2D eigenvalue weighted by Gasteiger charge is -2.30. The molecule has 100 valence electrons. The van der Waals surface area contributed by atoms with Gasteiger partial charge in [-0.05, 0) is 37.4 Å². The largest absolute Gasteiger partial charge is 0.497 e. The van der Waals surface area contributed by atoms with E-state index in [9.17, 15) is 0 Å². The van der Waals surface area contributed by atoms with E-state index in [2.05, 4.69) is 11.8 Å². The molecule has 0 aliphatic carbocycles. The highest BCUT2D eigenvalue weighted by atomic mass is 16.5. The van der Waals surface area contributed by atoms with Gasteiger partial charge in [0.25, 0.3) is 0 Å². The number of hydrogen-bond donors (Lipinski definition) is 0. The van der Waals surface area contributed by atoms with E-state index >= 15 is 0 Å². The first-order valence-electron chi connectivity index (χ1n) is 6.77. The van der Waals surface area contributed by atoms with Crippen molar-refractivity contribution in [3.8, 4) is 11.5 Å². The molecule has 1 aromatic carbocycles. The molecule has 0 spiro atoms. The topological polar surface area (TPSA) is 21.7 Å². The normalized spacial score (nSPS) is 20.7. The van der Waals surface area contributed by atoms with Crippen LogP contribution in [0.15, 0.2) is 24.3 Å². The summed E-state index contributed by atoms with van der Waals surface area (Å²) in [5.74, 6) is 2.56. The van der Waals surface area contributed by atoms with Gasteiger partial charge in [0.05, 0.1) is 7.11 Å². The molecule has 1 atom stereocenters. The van der Waals surface area contributed by atoms with E-state index in [1.165, 1.54) is 25.9 Å². The van der Waals surface area contributed by atoms with E-state index in [-0.39, 0.29) is 0 Å². The Balaban J connectivity index is 1.74. The highest BCUT2D eigenvalue weighted by molar-refractivity contribution is 5.32. The van der Waals surface area contributed by atoms with Gasteiger partial charge in [-0.25, -0.2) is 0 Å². The van der Waals surface area contributed by atoms with Crippen LogP contribution < -0.4 is 9.47 Å². The van der Waals surface area contributed by atoms with Gasteiger partial charge in [0, 0.05) is 19.2 Å². The predicted octanol–water partition coefficient (Wildman–Crippen LogP) is 2.81. The molecule has 1 fully saturated rings. The summed E-state index contributed by atoms with van der Waals surface area (Å²) < 4.78 is 10.9. The van der Waals surface area contributed by atoms with Crippen molar-refractivity contribution >= 4 is 0 Å². The van der Waals surface area contributed by atoms with Crippen molar-refractivity contribution in [2.24, 2.45) is 5.92 Å². The molecule has 1 aromatic rings. The number of likely N-dealkylation sites (tertiary alicyclic amines) is 1. The van der Waals surface area contributed by atoms with Crippen LogP contribution in [0.2, 0.25) is 0 Å². The Morgan fingerprint density at radius 1 is 1.33 bits per heavy atom. The van der Waals surface area contributed by atoms with Gasteiger partial charge < -0.3 is 9.47 Å². The summed E-state index contributed by atoms with van der Waals surface area (Å²) in [5.41, 5.74) is 0. The van der Waals surface area contributed by atoms with Crippen LogP contribution in [0.25, 0.3) is 0 Å². The number of ether oxygens (including phenoxy) is 2. The third-order valence-corrected chi connectivity index (χ3v) is 3.46. The van der Waals surface area contributed by atoms with Crippen molar-refractivity contribution in [3.63, 3.8) is 0 Å². The summed E-state index contributed by atoms with van der Waals surface area (Å²) in [5, 5.41) is 0. The van der Waals surface area contributed by atoms with Gasteiger partial charge >= 0.3 is 0 Å². The molecule has 3 heteroatoms. The average molecular weight is 249 g/mol. The van der Waals surface area contributed by atoms with Gasteiger partial charge in [0.2, 0.25) is 0 Å². The van der Waals surface area contributed by atoms with Crippen molar-refractivity contribution in [2.45, 2.75) is 19.8 Å². The SMILES string of the molecule is COc1cccc(OCCN2CCCC(C)C2)c1. The monoisotopic (exact) mass is 249 g/mol. The zero-order chi connectivity index (χ0) is 12.8. The average Bonchev–Trinajstić information content (AvgIpc) is 2.39. The highest BCUT2D eigenvalue weighted by Crippen LogP contribution is 2.19.